The molecule has 0 aromatic heterocycles. The maximum Gasteiger partial charge on any atom is 0.411 e. The number of carbonyl (C=O) groups excluding carboxylic acids is 4. The van der Waals surface area contributed by atoms with Crippen LogP contribution in [0.3, 0.4) is 0 Å². The average Bonchev–Trinajstić information content (AvgIpc) is 1.51. The maximum absolute atomic E-state index is 14.7. The summed E-state index contributed by atoms with van der Waals surface area (Å²) in [7, 11) is -6.32. The molecule has 0 bridgehead atoms. The van der Waals surface area contributed by atoms with Crippen LogP contribution in [0, 0.1) is 61.9 Å². The number of nitrogens with one attached hydrogen (secondary N) is 2. The number of nitrogens with zero attached hydrogens (tertiary/aromatic N) is 2. The second-order valence-corrected chi connectivity index (χ2v) is 33.2. The lowest BCUT2D eigenvalue weighted by Gasteiger charge is -2.36. The largest absolute Gasteiger partial charge is 0.480 e. The zero-order chi connectivity index (χ0) is 69.4. The van der Waals surface area contributed by atoms with Crippen molar-refractivity contribution < 1.29 is 63.8 Å². The van der Waals surface area contributed by atoms with E-state index < -0.39 is 55.5 Å². The first-order valence-corrected chi connectivity index (χ1v) is 38.1. The number of hydrogen-bond acceptors (Lipinski definition) is 11. The van der Waals surface area contributed by atoms with Gasteiger partial charge in [0.05, 0.1) is 33.4 Å². The summed E-state index contributed by atoms with van der Waals surface area (Å²) in [5.41, 5.74) is 11.8. The summed E-state index contributed by atoms with van der Waals surface area (Å²) in [6.07, 6.45) is 16.7. The number of carboxylic acid groups (broad SMARTS) is 1. The monoisotopic (exact) mass is 1460 g/mol. The van der Waals surface area contributed by atoms with Gasteiger partial charge in [-0.2, -0.15) is 0 Å². The number of nitrogens with two attached hydrogens (primary N) is 1. The number of fused-ring (bicyclic) bond motifs is 2. The van der Waals surface area contributed by atoms with Crippen molar-refractivity contribution in [1.29, 1.82) is 0 Å². The number of carbonyl (C=O) groups is 5. The third-order valence-corrected chi connectivity index (χ3v) is 23.2. The van der Waals surface area contributed by atoms with Crippen LogP contribution in [0.15, 0.2) is 105 Å². The normalized spacial score (nSPS) is 20.8. The molecule has 5 aromatic rings. The van der Waals surface area contributed by atoms with Crippen molar-refractivity contribution in [3.8, 4) is 0 Å². The number of likely N-dealkylation sites (tertiary alicyclic amines) is 2. The predicted octanol–water partition coefficient (Wildman–Crippen LogP) is 14.6. The second-order valence-electron chi connectivity index (χ2n) is 28.2. The Morgan fingerprint density at radius 3 is 1.47 bits per heavy atom. The molecule has 4 aliphatic carbocycles. The number of aliphatic carboxylic acids is 1. The molecule has 0 radical (unpaired) electrons. The number of ether oxygens (including phenoxy) is 1. The number of hydrogen-bond donors (Lipinski definition) is 4. The van der Waals surface area contributed by atoms with Gasteiger partial charge in [-0.3, -0.25) is 19.3 Å². The summed E-state index contributed by atoms with van der Waals surface area (Å²) in [6, 6.07) is 23.9. The van der Waals surface area contributed by atoms with Gasteiger partial charge < -0.3 is 31.1 Å². The van der Waals surface area contributed by atoms with E-state index in [1.165, 1.54) is 23.5 Å². The Morgan fingerprint density at radius 2 is 1.00 bits per heavy atom. The summed E-state index contributed by atoms with van der Waals surface area (Å²) >= 11 is 3.25. The van der Waals surface area contributed by atoms with Gasteiger partial charge in [0.15, 0.2) is 19.7 Å². The Labute approximate surface area is 584 Å². The Bertz CT molecular complexity index is 3890. The fraction of sp³-hybridized carbons (Fsp3) is 0.527. The summed E-state index contributed by atoms with van der Waals surface area (Å²) in [4.78, 5) is 65.6. The van der Waals surface area contributed by atoms with Crippen molar-refractivity contribution in [2.45, 2.75) is 209 Å². The third-order valence-electron chi connectivity index (χ3n) is 19.2. The molecule has 8 aliphatic rings. The molecule has 528 valence electrons. The lowest BCUT2D eigenvalue weighted by Crippen LogP contribution is -2.52. The highest BCUT2D eigenvalue weighted by molar-refractivity contribution is 9.10. The van der Waals surface area contributed by atoms with Crippen LogP contribution >= 0.6 is 28.3 Å². The molecule has 4 aliphatic heterocycles. The van der Waals surface area contributed by atoms with Crippen molar-refractivity contribution in [1.82, 2.24) is 20.4 Å². The van der Waals surface area contributed by atoms with Crippen LogP contribution in [0.1, 0.15) is 203 Å². The Hall–Kier alpha value is -6.33. The van der Waals surface area contributed by atoms with Crippen LogP contribution in [0.5, 0.6) is 0 Å². The van der Waals surface area contributed by atoms with E-state index in [0.29, 0.717) is 72.2 Å². The summed E-state index contributed by atoms with van der Waals surface area (Å²) in [6.45, 7) is 11.8. The van der Waals surface area contributed by atoms with Gasteiger partial charge in [-0.25, -0.2) is 39.6 Å². The molecule has 5 N–H and O–H groups in total. The summed E-state index contributed by atoms with van der Waals surface area (Å²) in [5.74, 6) is -0.532. The highest BCUT2D eigenvalue weighted by Crippen LogP contribution is 2.44. The quantitative estimate of drug-likeness (QED) is 0.0912. The molecule has 23 heteroatoms. The number of benzene rings is 5. The van der Waals surface area contributed by atoms with Crippen molar-refractivity contribution in [2.75, 3.05) is 24.6 Å². The first-order chi connectivity index (χ1) is 45.5. The van der Waals surface area contributed by atoms with Crippen molar-refractivity contribution in [3.63, 3.8) is 0 Å². The minimum absolute atomic E-state index is 0. The molecular formula is C74H94BrClF3N5O11S2. The first kappa shape index (κ1) is 76.4. The lowest BCUT2D eigenvalue weighted by atomic mass is 9.88. The van der Waals surface area contributed by atoms with E-state index in [2.05, 4.69) is 26.6 Å². The SMILES string of the molecule is CC(C)(C)OC(=O)N1CCCC[C@@H]1C(=O)O.Cc1ccc([C@H](N)C2CC2)c(F)c1.Cc1ccc([C@H](NC(=O)C2CCCCC2)C2CC2)c(F)c1.Cc1ccc([C@H](NC(=O)[C@H]2CCCCN2C(=O)c2ccc3c(c2)S(=O)(=O)CC3)C2CC2)c(F)c1.Cl.O=S1(=O)CCc2ccc(Br)cc21. The third kappa shape index (κ3) is 20.7. The van der Waals surface area contributed by atoms with Crippen molar-refractivity contribution in [3.05, 3.63) is 163 Å². The summed E-state index contributed by atoms with van der Waals surface area (Å²) < 4.78 is 95.8. The van der Waals surface area contributed by atoms with Crippen LogP contribution < -0.4 is 16.4 Å². The van der Waals surface area contributed by atoms with Crippen molar-refractivity contribution >= 4 is 77.8 Å². The fourth-order valence-corrected chi connectivity index (χ4v) is 17.0. The van der Waals surface area contributed by atoms with E-state index in [0.717, 1.165) is 122 Å². The van der Waals surface area contributed by atoms with Gasteiger partial charge in [-0.1, -0.05) is 83.7 Å². The van der Waals surface area contributed by atoms with Gasteiger partial charge >= 0.3 is 12.1 Å². The molecule has 13 rings (SSSR count). The lowest BCUT2D eigenvalue weighted by molar-refractivity contribution is -0.144. The van der Waals surface area contributed by atoms with Crippen molar-refractivity contribution in [2.24, 2.45) is 29.4 Å². The predicted molar refractivity (Wildman–Crippen MR) is 373 cm³/mol. The minimum Gasteiger partial charge on any atom is -0.480 e. The molecular weight excluding hydrogens is 1370 g/mol. The number of rotatable bonds is 12. The number of piperidine rings is 2. The number of halogens is 5. The molecule has 4 heterocycles. The number of carboxylic acids is 1. The van der Waals surface area contributed by atoms with E-state index in [1.807, 2.05) is 63.2 Å². The number of aryl methyl sites for hydroxylation is 5. The molecule has 97 heavy (non-hydrogen) atoms. The van der Waals surface area contributed by atoms with Crippen LogP contribution in [-0.2, 0) is 51.6 Å². The Morgan fingerprint density at radius 1 is 0.557 bits per heavy atom. The standard InChI is InChI=1S/C26H29FN2O4S.C18H24FNO.C11H14FN.C11H19NO4.C8H7BrO2S.ClH/c1-16-5-10-20(21(27)14-16)24(18-7-8-18)28-25(30)22-4-2-3-12-29(22)26(31)19-9-6-17-11-13-34(32,33)23(17)15-19;1-12-7-10-15(16(19)11-12)17(13-8-9-13)20-18(21)14-5-3-2-4-6-14;1-7-2-5-9(10(12)6-7)11(13)8-3-4-8;1-11(2,3)16-10(15)12-7-5-4-6-8(12)9(13)14;9-7-2-1-6-3-4-12(10,11)8(6)5-7;/h5-6,9-10,14-15,18,22,24H,2-4,7-8,11-13H2,1H3,(H,28,30);7,10-11,13-14,17H,2-6,8-9H2,1H3,(H,20,21);2,5-6,8,11H,3-4,13H2,1H3;8H,4-7H2,1-3H3,(H,13,14);1-2,5H,3-4H2;1H/t22-,24-;17-;11-;8-;;/m1111../s1. The molecule has 5 atom stereocenters. The number of amides is 4. The highest BCUT2D eigenvalue weighted by Gasteiger charge is 2.41. The van der Waals surface area contributed by atoms with E-state index in [4.69, 9.17) is 15.6 Å². The highest BCUT2D eigenvalue weighted by atomic mass is 79.9. The van der Waals surface area contributed by atoms with E-state index in [1.54, 1.807) is 62.1 Å². The molecule has 4 amide bonds. The van der Waals surface area contributed by atoms with E-state index in [9.17, 15) is 54.0 Å². The zero-order valence-corrected chi connectivity index (χ0v) is 60.4. The van der Waals surface area contributed by atoms with Gasteiger partial charge in [0.25, 0.3) is 5.91 Å². The molecule has 6 fully saturated rings. The Balaban J connectivity index is 0.000000164. The zero-order valence-electron chi connectivity index (χ0n) is 56.4. The smallest absolute Gasteiger partial charge is 0.411 e. The number of sulfone groups is 2. The summed E-state index contributed by atoms with van der Waals surface area (Å²) in [5, 5.41) is 15.2. The Kier molecular flexibility index (Phi) is 26.2. The van der Waals surface area contributed by atoms with E-state index >= 15 is 0 Å². The van der Waals surface area contributed by atoms with Gasteiger partial charge in [-0.15, -0.1) is 12.4 Å². The van der Waals surface area contributed by atoms with Gasteiger partial charge in [0.1, 0.15) is 35.1 Å². The molecule has 16 nitrogen and oxygen atoms in total. The molecule has 0 spiro atoms. The topological polar surface area (TPSA) is 240 Å². The fourth-order valence-electron chi connectivity index (χ4n) is 13.3. The van der Waals surface area contributed by atoms with Gasteiger partial charge in [0, 0.05) is 51.8 Å². The molecule has 5 aromatic carbocycles. The first-order valence-electron chi connectivity index (χ1n) is 34.0. The van der Waals surface area contributed by atoms with Gasteiger partial charge in [-0.05, 0) is 232 Å². The second kappa shape index (κ2) is 33.2. The minimum atomic E-state index is -3.36. The average molecular weight is 1470 g/mol. The molecule has 2 saturated heterocycles. The van der Waals surface area contributed by atoms with Gasteiger partial charge in [0.2, 0.25) is 11.8 Å². The van der Waals surface area contributed by atoms with Crippen LogP contribution in [0.4, 0.5) is 18.0 Å². The molecule has 4 saturated carbocycles. The maximum atomic E-state index is 14.7. The van der Waals surface area contributed by atoms with Crippen LogP contribution in [0.25, 0.3) is 0 Å². The van der Waals surface area contributed by atoms with Crippen LogP contribution in [-0.4, -0.2) is 104 Å². The van der Waals surface area contributed by atoms with Crippen LogP contribution in [0.2, 0.25) is 0 Å². The molecule has 0 unspecified atom stereocenters. The van der Waals surface area contributed by atoms with E-state index in [-0.39, 0.29) is 93.5 Å².